The molecular formula is C13H10BrNS. The molecule has 0 aliphatic carbocycles. The van der Waals surface area contributed by atoms with Crippen LogP contribution in [0.2, 0.25) is 0 Å². The lowest BCUT2D eigenvalue weighted by molar-refractivity contribution is 1.39. The van der Waals surface area contributed by atoms with E-state index in [1.807, 2.05) is 6.07 Å². The first kappa shape index (κ1) is 11.4. The van der Waals surface area contributed by atoms with Crippen LogP contribution in [0.1, 0.15) is 16.0 Å². The molecule has 0 saturated heterocycles. The third-order valence-corrected chi connectivity index (χ3v) is 4.27. The molecule has 1 aromatic heterocycles. The molecule has 1 heterocycles. The van der Waals surface area contributed by atoms with Crippen LogP contribution >= 0.6 is 27.3 Å². The van der Waals surface area contributed by atoms with Gasteiger partial charge in [-0.2, -0.15) is 5.26 Å². The van der Waals surface area contributed by atoms with Crippen LogP contribution in [0, 0.1) is 25.2 Å². The van der Waals surface area contributed by atoms with Gasteiger partial charge >= 0.3 is 0 Å². The van der Waals surface area contributed by atoms with Crippen molar-refractivity contribution in [3.05, 3.63) is 44.7 Å². The zero-order valence-electron chi connectivity index (χ0n) is 9.04. The van der Waals surface area contributed by atoms with E-state index >= 15 is 0 Å². The largest absolute Gasteiger partial charge is 0.191 e. The van der Waals surface area contributed by atoms with Crippen molar-refractivity contribution in [1.82, 2.24) is 0 Å². The first-order chi connectivity index (χ1) is 7.60. The van der Waals surface area contributed by atoms with E-state index in [9.17, 15) is 0 Å². The predicted molar refractivity (Wildman–Crippen MR) is 71.6 cm³/mol. The molecule has 2 rings (SSSR count). The summed E-state index contributed by atoms with van der Waals surface area (Å²) in [6.07, 6.45) is 0. The highest BCUT2D eigenvalue weighted by atomic mass is 79.9. The maximum absolute atomic E-state index is 8.92. The molecule has 1 aromatic carbocycles. The lowest BCUT2D eigenvalue weighted by Crippen LogP contribution is -1.79. The van der Waals surface area contributed by atoms with Gasteiger partial charge in [-0.3, -0.25) is 0 Å². The lowest BCUT2D eigenvalue weighted by Gasteiger charge is -2.01. The molecule has 0 aliphatic rings. The van der Waals surface area contributed by atoms with Gasteiger partial charge in [-0.15, -0.1) is 11.3 Å². The number of benzene rings is 1. The summed E-state index contributed by atoms with van der Waals surface area (Å²) in [5.41, 5.74) is 3.68. The highest BCUT2D eigenvalue weighted by Gasteiger charge is 2.08. The summed E-state index contributed by atoms with van der Waals surface area (Å²) in [7, 11) is 0. The molecule has 1 nitrogen and oxygen atoms in total. The fourth-order valence-electron chi connectivity index (χ4n) is 1.70. The normalized spacial score (nSPS) is 10.1. The molecule has 0 bridgehead atoms. The number of hydrogen-bond donors (Lipinski definition) is 0. The maximum Gasteiger partial charge on any atom is 0.119 e. The second-order valence-corrected chi connectivity index (χ2v) is 5.68. The number of thiophene rings is 1. The summed E-state index contributed by atoms with van der Waals surface area (Å²) in [6, 6.07) is 10.6. The van der Waals surface area contributed by atoms with E-state index in [0.717, 1.165) is 14.2 Å². The number of aryl methyl sites for hydroxylation is 2. The van der Waals surface area contributed by atoms with Gasteiger partial charge in [0.15, 0.2) is 0 Å². The average Bonchev–Trinajstić information content (AvgIpc) is 2.58. The van der Waals surface area contributed by atoms with E-state index in [2.05, 4.69) is 54.0 Å². The van der Waals surface area contributed by atoms with E-state index in [4.69, 9.17) is 5.26 Å². The number of nitrogens with zero attached hydrogens (tertiary/aromatic N) is 1. The van der Waals surface area contributed by atoms with Gasteiger partial charge < -0.3 is 0 Å². The number of halogens is 1. The predicted octanol–water partition coefficient (Wildman–Crippen LogP) is 4.67. The van der Waals surface area contributed by atoms with Gasteiger partial charge in [0.1, 0.15) is 10.9 Å². The first-order valence-corrected chi connectivity index (χ1v) is 6.49. The molecule has 0 aliphatic heterocycles. The third kappa shape index (κ3) is 2.18. The second kappa shape index (κ2) is 4.40. The van der Waals surface area contributed by atoms with Crippen molar-refractivity contribution in [3.8, 4) is 16.5 Å². The van der Waals surface area contributed by atoms with Gasteiger partial charge in [-0.05, 0) is 41.4 Å². The smallest absolute Gasteiger partial charge is 0.119 e. The fourth-order valence-corrected chi connectivity index (χ4v) is 3.25. The summed E-state index contributed by atoms with van der Waals surface area (Å²) >= 11 is 4.92. The topological polar surface area (TPSA) is 23.8 Å². The van der Waals surface area contributed by atoms with Crippen LogP contribution in [-0.4, -0.2) is 0 Å². The van der Waals surface area contributed by atoms with E-state index in [1.165, 1.54) is 28.0 Å². The Morgan fingerprint density at radius 2 is 1.75 bits per heavy atom. The van der Waals surface area contributed by atoms with Crippen molar-refractivity contribution in [3.63, 3.8) is 0 Å². The van der Waals surface area contributed by atoms with Crippen molar-refractivity contribution in [2.24, 2.45) is 0 Å². The van der Waals surface area contributed by atoms with Crippen LogP contribution in [0.4, 0.5) is 0 Å². The summed E-state index contributed by atoms with van der Waals surface area (Å²) in [6.45, 7) is 4.18. The van der Waals surface area contributed by atoms with Crippen LogP contribution in [0.5, 0.6) is 0 Å². The highest BCUT2D eigenvalue weighted by Crippen LogP contribution is 2.34. The first-order valence-electron chi connectivity index (χ1n) is 4.88. The van der Waals surface area contributed by atoms with Gasteiger partial charge in [-0.25, -0.2) is 0 Å². The quantitative estimate of drug-likeness (QED) is 0.749. The molecule has 3 heteroatoms. The van der Waals surface area contributed by atoms with Crippen LogP contribution < -0.4 is 0 Å². The molecule has 0 N–H and O–H groups in total. The Balaban J connectivity index is 2.55. The van der Waals surface area contributed by atoms with Crippen molar-refractivity contribution in [2.45, 2.75) is 13.8 Å². The van der Waals surface area contributed by atoms with Gasteiger partial charge in [0.05, 0.1) is 0 Å². The minimum Gasteiger partial charge on any atom is -0.191 e. The molecule has 0 unspecified atom stereocenters. The van der Waals surface area contributed by atoms with Crippen LogP contribution in [0.3, 0.4) is 0 Å². The maximum atomic E-state index is 8.92. The fraction of sp³-hybridized carbons (Fsp3) is 0.154. The third-order valence-electron chi connectivity index (χ3n) is 2.29. The molecule has 0 fully saturated rings. The summed E-state index contributed by atoms with van der Waals surface area (Å²) < 4.78 is 0.883. The Labute approximate surface area is 107 Å². The summed E-state index contributed by atoms with van der Waals surface area (Å²) in [4.78, 5) is 1.87. The van der Waals surface area contributed by atoms with E-state index < -0.39 is 0 Å². The molecule has 0 atom stereocenters. The van der Waals surface area contributed by atoms with Crippen molar-refractivity contribution >= 4 is 27.3 Å². The Hall–Kier alpha value is -1.11. The Morgan fingerprint density at radius 1 is 1.12 bits per heavy atom. The average molecular weight is 292 g/mol. The molecule has 0 radical (unpaired) electrons. The van der Waals surface area contributed by atoms with Gasteiger partial charge in [0.25, 0.3) is 0 Å². The molecular weight excluding hydrogens is 282 g/mol. The monoisotopic (exact) mass is 291 g/mol. The molecule has 16 heavy (non-hydrogen) atoms. The molecule has 0 amide bonds. The molecule has 80 valence electrons. The SMILES string of the molecule is Cc1cc(C)cc(-c2cc(Br)c(C#N)s2)c1. The van der Waals surface area contributed by atoms with Crippen LogP contribution in [0.25, 0.3) is 10.4 Å². The molecule has 0 spiro atoms. The van der Waals surface area contributed by atoms with E-state index in [-0.39, 0.29) is 0 Å². The van der Waals surface area contributed by atoms with E-state index in [0.29, 0.717) is 0 Å². The number of hydrogen-bond acceptors (Lipinski definition) is 2. The number of nitriles is 1. The second-order valence-electron chi connectivity index (χ2n) is 3.78. The lowest BCUT2D eigenvalue weighted by atomic mass is 10.1. The molecule has 0 saturated carbocycles. The Bertz CT molecular complexity index is 558. The summed E-state index contributed by atoms with van der Waals surface area (Å²) in [5, 5.41) is 8.92. The van der Waals surface area contributed by atoms with Crippen LogP contribution in [-0.2, 0) is 0 Å². The molecule has 2 aromatic rings. The van der Waals surface area contributed by atoms with E-state index in [1.54, 1.807) is 0 Å². The number of rotatable bonds is 1. The van der Waals surface area contributed by atoms with Crippen molar-refractivity contribution < 1.29 is 0 Å². The standard InChI is InChI=1S/C13H10BrNS/c1-8-3-9(2)5-10(4-8)12-6-11(14)13(7-15)16-12/h3-6H,1-2H3. The zero-order chi connectivity index (χ0) is 11.7. The summed E-state index contributed by atoms with van der Waals surface area (Å²) in [5.74, 6) is 0. The van der Waals surface area contributed by atoms with Crippen molar-refractivity contribution in [2.75, 3.05) is 0 Å². The van der Waals surface area contributed by atoms with Crippen molar-refractivity contribution in [1.29, 1.82) is 5.26 Å². The zero-order valence-corrected chi connectivity index (χ0v) is 11.4. The van der Waals surface area contributed by atoms with Crippen LogP contribution in [0.15, 0.2) is 28.7 Å². The van der Waals surface area contributed by atoms with Gasteiger partial charge in [0.2, 0.25) is 0 Å². The van der Waals surface area contributed by atoms with Gasteiger partial charge in [0, 0.05) is 9.35 Å². The minimum absolute atomic E-state index is 0.731. The minimum atomic E-state index is 0.731. The Kier molecular flexibility index (Phi) is 3.13. The van der Waals surface area contributed by atoms with Gasteiger partial charge in [-0.1, -0.05) is 29.3 Å². The Morgan fingerprint density at radius 3 is 2.25 bits per heavy atom. The highest BCUT2D eigenvalue weighted by molar-refractivity contribution is 9.10.